The summed E-state index contributed by atoms with van der Waals surface area (Å²) in [7, 11) is 0. The maximum absolute atomic E-state index is 14.1. The van der Waals surface area contributed by atoms with Crippen LogP contribution in [0.4, 0.5) is 0 Å². The minimum Gasteiger partial charge on any atom is -0.339 e. The van der Waals surface area contributed by atoms with Gasteiger partial charge < -0.3 is 4.90 Å². The molecule has 3 heterocycles. The summed E-state index contributed by atoms with van der Waals surface area (Å²) in [6.45, 7) is 0.842. The third kappa shape index (κ3) is 5.37. The van der Waals surface area contributed by atoms with Crippen LogP contribution in [0.2, 0.25) is 0 Å². The van der Waals surface area contributed by atoms with Crippen molar-refractivity contribution >= 4 is 5.91 Å². The summed E-state index contributed by atoms with van der Waals surface area (Å²) in [5.41, 5.74) is 3.00. The lowest BCUT2D eigenvalue weighted by atomic mass is 9.79. The lowest BCUT2D eigenvalue weighted by Gasteiger charge is -2.38. The number of rotatable bonds is 7. The van der Waals surface area contributed by atoms with Crippen LogP contribution in [0.5, 0.6) is 0 Å². The molecule has 1 aliphatic heterocycles. The Morgan fingerprint density at radius 2 is 1.79 bits per heavy atom. The number of piperidine rings is 1. The number of hydrogen-bond acceptors (Lipinski definition) is 4. The molecule has 2 aromatic heterocycles. The normalized spacial score (nSPS) is 20.2. The molecule has 1 amide bonds. The van der Waals surface area contributed by atoms with Gasteiger partial charge in [0.2, 0.25) is 5.91 Å². The van der Waals surface area contributed by atoms with Gasteiger partial charge in [-0.1, -0.05) is 67.6 Å². The van der Waals surface area contributed by atoms with E-state index in [0.717, 1.165) is 50.0 Å². The van der Waals surface area contributed by atoms with E-state index < -0.39 is 0 Å². The molecular weight excluding hydrogens is 422 g/mol. The Hall–Kier alpha value is -3.02. The third-order valence-corrected chi connectivity index (χ3v) is 7.60. The molecule has 2 unspecified atom stereocenters. The zero-order chi connectivity index (χ0) is 23.2. The van der Waals surface area contributed by atoms with Crippen LogP contribution in [-0.2, 0) is 11.2 Å². The first-order valence-corrected chi connectivity index (χ1v) is 12.9. The Morgan fingerprint density at radius 3 is 2.59 bits per heavy atom. The van der Waals surface area contributed by atoms with E-state index in [-0.39, 0.29) is 12.0 Å². The summed E-state index contributed by atoms with van der Waals surface area (Å²) in [5, 5.41) is 8.73. The van der Waals surface area contributed by atoms with Crippen LogP contribution in [0, 0.1) is 5.92 Å². The van der Waals surface area contributed by atoms with Crippen LogP contribution >= 0.6 is 0 Å². The van der Waals surface area contributed by atoms with E-state index in [9.17, 15) is 4.79 Å². The first-order valence-electron chi connectivity index (χ1n) is 12.9. The van der Waals surface area contributed by atoms with Gasteiger partial charge in [-0.15, -0.1) is 5.10 Å². The zero-order valence-electron chi connectivity index (χ0n) is 19.9. The van der Waals surface area contributed by atoms with Gasteiger partial charge in [-0.3, -0.25) is 9.78 Å². The van der Waals surface area contributed by atoms with Crippen molar-refractivity contribution < 1.29 is 4.79 Å². The molecule has 34 heavy (non-hydrogen) atoms. The highest BCUT2D eigenvalue weighted by Crippen LogP contribution is 2.35. The number of hydrogen-bond donors (Lipinski definition) is 0. The van der Waals surface area contributed by atoms with Crippen LogP contribution in [0.1, 0.15) is 75.0 Å². The van der Waals surface area contributed by atoms with E-state index in [1.807, 2.05) is 24.4 Å². The first-order chi connectivity index (χ1) is 16.8. The van der Waals surface area contributed by atoms with Gasteiger partial charge in [0, 0.05) is 25.2 Å². The van der Waals surface area contributed by atoms with Crippen molar-refractivity contribution in [2.75, 3.05) is 6.54 Å². The Kier molecular flexibility index (Phi) is 7.32. The van der Waals surface area contributed by atoms with Crippen molar-refractivity contribution in [1.29, 1.82) is 0 Å². The second-order valence-electron chi connectivity index (χ2n) is 9.95. The fourth-order valence-electron chi connectivity index (χ4n) is 5.77. The van der Waals surface area contributed by atoms with Crippen molar-refractivity contribution in [1.82, 2.24) is 24.9 Å². The molecule has 3 aromatic rings. The molecule has 2 fully saturated rings. The summed E-state index contributed by atoms with van der Waals surface area (Å²) in [5.74, 6) is 0.919. The lowest BCUT2D eigenvalue weighted by Crippen LogP contribution is -2.47. The minimum absolute atomic E-state index is 0.0454. The third-order valence-electron chi connectivity index (χ3n) is 7.60. The van der Waals surface area contributed by atoms with Gasteiger partial charge in [0.15, 0.2) is 0 Å². The van der Waals surface area contributed by atoms with Crippen LogP contribution in [-0.4, -0.2) is 43.4 Å². The van der Waals surface area contributed by atoms with Gasteiger partial charge in [0.1, 0.15) is 0 Å². The molecule has 6 heteroatoms. The van der Waals surface area contributed by atoms with Crippen molar-refractivity contribution in [2.45, 2.75) is 76.2 Å². The molecule has 1 aromatic carbocycles. The van der Waals surface area contributed by atoms with E-state index in [4.69, 9.17) is 0 Å². The fraction of sp³-hybridized carbons (Fsp3) is 0.500. The quantitative estimate of drug-likeness (QED) is 0.480. The molecule has 1 saturated carbocycles. The van der Waals surface area contributed by atoms with Crippen molar-refractivity contribution in [3.8, 4) is 5.69 Å². The monoisotopic (exact) mass is 457 g/mol. The van der Waals surface area contributed by atoms with Crippen molar-refractivity contribution in [2.24, 2.45) is 5.92 Å². The number of benzene rings is 1. The number of aromatic nitrogens is 4. The first kappa shape index (κ1) is 22.8. The Balaban J connectivity index is 1.34. The molecule has 6 nitrogen and oxygen atoms in total. The zero-order valence-corrected chi connectivity index (χ0v) is 19.9. The topological polar surface area (TPSA) is 63.9 Å². The van der Waals surface area contributed by atoms with E-state index in [2.05, 4.69) is 44.5 Å². The molecule has 1 saturated heterocycles. The van der Waals surface area contributed by atoms with Crippen molar-refractivity contribution in [3.05, 3.63) is 72.3 Å². The van der Waals surface area contributed by atoms with Crippen LogP contribution < -0.4 is 0 Å². The standard InChI is InChI=1S/C28H35N5O/c34-28(27(23-12-5-2-6-13-23)18-22-10-3-1-4-11-22)32-17-8-7-14-25(32)19-24-21-33(31-30-24)26-15-9-16-29-20-26/h2,5-6,9,12-13,15-16,20-22,25,27H,1,3-4,7-8,10-11,14,17-19H2. The van der Waals surface area contributed by atoms with Crippen LogP contribution in [0.15, 0.2) is 61.1 Å². The second-order valence-corrected chi connectivity index (χ2v) is 9.95. The molecule has 1 aliphatic carbocycles. The molecule has 5 rings (SSSR count). The Morgan fingerprint density at radius 1 is 0.971 bits per heavy atom. The average Bonchev–Trinajstić information content (AvgIpc) is 3.37. The number of amides is 1. The molecule has 0 N–H and O–H groups in total. The van der Waals surface area contributed by atoms with Crippen molar-refractivity contribution in [3.63, 3.8) is 0 Å². The van der Waals surface area contributed by atoms with E-state index in [0.29, 0.717) is 11.8 Å². The van der Waals surface area contributed by atoms with Gasteiger partial charge in [-0.05, 0) is 49.3 Å². The van der Waals surface area contributed by atoms with Gasteiger partial charge in [-0.25, -0.2) is 4.68 Å². The molecule has 0 spiro atoms. The van der Waals surface area contributed by atoms with E-state index in [1.54, 1.807) is 17.1 Å². The van der Waals surface area contributed by atoms with Gasteiger partial charge in [0.25, 0.3) is 0 Å². The average molecular weight is 458 g/mol. The second kappa shape index (κ2) is 10.9. The van der Waals surface area contributed by atoms with Gasteiger partial charge in [0.05, 0.1) is 29.7 Å². The molecule has 0 bridgehead atoms. The predicted molar refractivity (Wildman–Crippen MR) is 133 cm³/mol. The minimum atomic E-state index is -0.0454. The van der Waals surface area contributed by atoms with Gasteiger partial charge in [-0.2, -0.15) is 0 Å². The Bertz CT molecular complexity index is 1040. The highest BCUT2D eigenvalue weighted by molar-refractivity contribution is 5.84. The predicted octanol–water partition coefficient (Wildman–Crippen LogP) is 5.34. The molecular formula is C28H35N5O. The summed E-state index contributed by atoms with van der Waals surface area (Å²) in [6.07, 6.45) is 17.0. The fourth-order valence-corrected chi connectivity index (χ4v) is 5.77. The summed E-state index contributed by atoms with van der Waals surface area (Å²) < 4.78 is 1.77. The Labute approximate surface area is 202 Å². The maximum atomic E-state index is 14.1. The van der Waals surface area contributed by atoms with Gasteiger partial charge >= 0.3 is 0 Å². The summed E-state index contributed by atoms with van der Waals surface area (Å²) >= 11 is 0. The molecule has 178 valence electrons. The highest BCUT2D eigenvalue weighted by atomic mass is 16.2. The van der Waals surface area contributed by atoms with Crippen LogP contribution in [0.3, 0.4) is 0 Å². The highest BCUT2D eigenvalue weighted by Gasteiger charge is 2.34. The number of carbonyl (C=O) groups excluding carboxylic acids is 1. The summed E-state index contributed by atoms with van der Waals surface area (Å²) in [4.78, 5) is 20.4. The molecule has 0 radical (unpaired) electrons. The van der Waals surface area contributed by atoms with Crippen LogP contribution in [0.25, 0.3) is 5.69 Å². The lowest BCUT2D eigenvalue weighted by molar-refractivity contribution is -0.137. The summed E-state index contributed by atoms with van der Waals surface area (Å²) in [6, 6.07) is 14.5. The maximum Gasteiger partial charge on any atom is 0.230 e. The van der Waals surface area contributed by atoms with E-state index in [1.165, 1.54) is 37.7 Å². The molecule has 2 aliphatic rings. The number of likely N-dealkylation sites (tertiary alicyclic amines) is 1. The number of nitrogens with zero attached hydrogens (tertiary/aromatic N) is 5. The van der Waals surface area contributed by atoms with E-state index >= 15 is 0 Å². The number of carbonyl (C=O) groups is 1. The number of pyridine rings is 1. The molecule has 2 atom stereocenters. The largest absolute Gasteiger partial charge is 0.339 e. The smallest absolute Gasteiger partial charge is 0.230 e. The SMILES string of the molecule is O=C(C(CC1CCCCC1)c1ccccc1)N1CCCCC1Cc1cn(-c2cccnc2)nn1.